The van der Waals surface area contributed by atoms with Crippen molar-refractivity contribution >= 4 is 21.4 Å². The number of thiophene rings is 1. The van der Waals surface area contributed by atoms with Crippen LogP contribution in [0, 0.1) is 18.3 Å². The first-order valence-electron chi connectivity index (χ1n) is 9.02. The Balaban J connectivity index is 1.81. The smallest absolute Gasteiger partial charge is 0.212 e. The SMILES string of the molecule is Cc1ccc(CN(CCc2ccccc2)S(=O)(=O)Cc2cccc(C#N)c2)s1. The van der Waals surface area contributed by atoms with Crippen LogP contribution < -0.4 is 0 Å². The minimum absolute atomic E-state index is 0.109. The molecule has 1 aromatic heterocycles. The molecule has 4 nitrogen and oxygen atoms in total. The second-order valence-corrected chi connectivity index (χ2v) is 9.99. The van der Waals surface area contributed by atoms with Gasteiger partial charge in [0.1, 0.15) is 0 Å². The molecule has 0 saturated carbocycles. The molecule has 0 fully saturated rings. The maximum Gasteiger partial charge on any atom is 0.218 e. The van der Waals surface area contributed by atoms with Crippen LogP contribution in [0.25, 0.3) is 0 Å². The van der Waals surface area contributed by atoms with Crippen LogP contribution in [0.1, 0.15) is 26.4 Å². The number of sulfonamides is 1. The zero-order valence-electron chi connectivity index (χ0n) is 15.7. The molecule has 0 atom stereocenters. The summed E-state index contributed by atoms with van der Waals surface area (Å²) < 4.78 is 27.9. The van der Waals surface area contributed by atoms with Gasteiger partial charge in [0, 0.05) is 22.8 Å². The van der Waals surface area contributed by atoms with Crippen molar-refractivity contribution in [2.45, 2.75) is 25.6 Å². The molecule has 3 rings (SSSR count). The number of aryl methyl sites for hydroxylation is 1. The third kappa shape index (κ3) is 5.52. The fourth-order valence-electron chi connectivity index (χ4n) is 2.99. The third-order valence-electron chi connectivity index (χ3n) is 4.42. The van der Waals surface area contributed by atoms with Crippen molar-refractivity contribution in [3.8, 4) is 6.07 Å². The van der Waals surface area contributed by atoms with E-state index in [9.17, 15) is 8.42 Å². The Bertz CT molecular complexity index is 1070. The standard InChI is InChI=1S/C22H22N2O2S2/c1-18-10-11-22(27-18)16-24(13-12-19-6-3-2-4-7-19)28(25,26)17-21-9-5-8-20(14-21)15-23/h2-11,14H,12-13,16-17H2,1H3. The maximum absolute atomic E-state index is 13.2. The lowest BCUT2D eigenvalue weighted by atomic mass is 10.1. The fraction of sp³-hybridized carbons (Fsp3) is 0.227. The Kier molecular flexibility index (Phi) is 6.63. The summed E-state index contributed by atoms with van der Waals surface area (Å²) in [5.74, 6) is -0.109. The fourth-order valence-corrected chi connectivity index (χ4v) is 5.47. The van der Waals surface area contributed by atoms with Crippen molar-refractivity contribution in [1.82, 2.24) is 4.31 Å². The summed E-state index contributed by atoms with van der Waals surface area (Å²) in [6.07, 6.45) is 0.655. The van der Waals surface area contributed by atoms with Crippen molar-refractivity contribution in [2.24, 2.45) is 0 Å². The van der Waals surface area contributed by atoms with Gasteiger partial charge in [-0.3, -0.25) is 0 Å². The maximum atomic E-state index is 13.2. The molecular formula is C22H22N2O2S2. The highest BCUT2D eigenvalue weighted by atomic mass is 32.2. The molecule has 0 N–H and O–H groups in total. The highest BCUT2D eigenvalue weighted by Crippen LogP contribution is 2.21. The van der Waals surface area contributed by atoms with E-state index in [0.717, 1.165) is 15.3 Å². The molecule has 28 heavy (non-hydrogen) atoms. The molecule has 0 unspecified atom stereocenters. The van der Waals surface area contributed by atoms with Gasteiger partial charge in [0.05, 0.1) is 17.4 Å². The first-order chi connectivity index (χ1) is 13.5. The van der Waals surface area contributed by atoms with E-state index in [4.69, 9.17) is 5.26 Å². The summed E-state index contributed by atoms with van der Waals surface area (Å²) in [7, 11) is -3.53. The van der Waals surface area contributed by atoms with Crippen molar-refractivity contribution in [2.75, 3.05) is 6.54 Å². The van der Waals surface area contributed by atoms with Crippen molar-refractivity contribution in [1.29, 1.82) is 5.26 Å². The quantitative estimate of drug-likeness (QED) is 0.549. The lowest BCUT2D eigenvalue weighted by Crippen LogP contribution is -2.33. The van der Waals surface area contributed by atoms with Gasteiger partial charge in [-0.05, 0) is 48.7 Å². The van der Waals surface area contributed by atoms with E-state index in [1.807, 2.05) is 49.4 Å². The van der Waals surface area contributed by atoms with Gasteiger partial charge in [-0.1, -0.05) is 42.5 Å². The second-order valence-electron chi connectivity index (χ2n) is 6.65. The predicted octanol–water partition coefficient (Wildman–Crippen LogP) is 4.50. The van der Waals surface area contributed by atoms with Gasteiger partial charge >= 0.3 is 0 Å². The van der Waals surface area contributed by atoms with E-state index < -0.39 is 10.0 Å². The number of nitriles is 1. The monoisotopic (exact) mass is 410 g/mol. The average molecular weight is 411 g/mol. The molecule has 0 aliphatic carbocycles. The molecule has 6 heteroatoms. The predicted molar refractivity (Wildman–Crippen MR) is 113 cm³/mol. The Morgan fingerprint density at radius 1 is 1.00 bits per heavy atom. The molecule has 0 saturated heterocycles. The molecule has 2 aromatic carbocycles. The number of rotatable bonds is 8. The highest BCUT2D eigenvalue weighted by molar-refractivity contribution is 7.88. The van der Waals surface area contributed by atoms with E-state index in [2.05, 4.69) is 6.07 Å². The summed E-state index contributed by atoms with van der Waals surface area (Å²) in [5, 5.41) is 9.07. The van der Waals surface area contributed by atoms with Crippen LogP contribution in [-0.4, -0.2) is 19.3 Å². The van der Waals surface area contributed by atoms with Crippen LogP contribution in [0.3, 0.4) is 0 Å². The summed E-state index contributed by atoms with van der Waals surface area (Å²) in [6.45, 7) is 2.80. The minimum atomic E-state index is -3.53. The molecule has 0 amide bonds. The van der Waals surface area contributed by atoms with E-state index in [1.54, 1.807) is 39.9 Å². The van der Waals surface area contributed by atoms with Crippen LogP contribution in [0.4, 0.5) is 0 Å². The molecule has 1 heterocycles. The van der Waals surface area contributed by atoms with Crippen molar-refractivity contribution in [3.63, 3.8) is 0 Å². The van der Waals surface area contributed by atoms with E-state index >= 15 is 0 Å². The Labute approximate surface area is 170 Å². The normalized spacial score (nSPS) is 11.5. The van der Waals surface area contributed by atoms with Gasteiger partial charge in [0.2, 0.25) is 10.0 Å². The average Bonchev–Trinajstić information content (AvgIpc) is 3.10. The van der Waals surface area contributed by atoms with Crippen LogP contribution in [0.15, 0.2) is 66.7 Å². The Morgan fingerprint density at radius 3 is 2.43 bits per heavy atom. The largest absolute Gasteiger partial charge is 0.218 e. The lowest BCUT2D eigenvalue weighted by molar-refractivity contribution is 0.411. The molecule has 144 valence electrons. The highest BCUT2D eigenvalue weighted by Gasteiger charge is 2.23. The molecule has 0 aliphatic rings. The van der Waals surface area contributed by atoms with Crippen LogP contribution >= 0.6 is 11.3 Å². The summed E-state index contributed by atoms with van der Waals surface area (Å²) in [4.78, 5) is 2.19. The van der Waals surface area contributed by atoms with E-state index in [0.29, 0.717) is 30.6 Å². The van der Waals surface area contributed by atoms with Gasteiger partial charge in [-0.2, -0.15) is 9.57 Å². The zero-order chi connectivity index (χ0) is 20.0. The Hall–Kier alpha value is -2.46. The zero-order valence-corrected chi connectivity index (χ0v) is 17.3. The third-order valence-corrected chi connectivity index (χ3v) is 7.20. The molecule has 0 bridgehead atoms. The van der Waals surface area contributed by atoms with Crippen LogP contribution in [0.5, 0.6) is 0 Å². The first-order valence-corrected chi connectivity index (χ1v) is 11.4. The lowest BCUT2D eigenvalue weighted by Gasteiger charge is -2.22. The second kappa shape index (κ2) is 9.16. The van der Waals surface area contributed by atoms with Gasteiger partial charge < -0.3 is 0 Å². The summed E-state index contributed by atoms with van der Waals surface area (Å²) in [5.41, 5.74) is 2.21. The molecule has 0 radical (unpaired) electrons. The molecule has 0 aliphatic heterocycles. The topological polar surface area (TPSA) is 61.2 Å². The van der Waals surface area contributed by atoms with Crippen LogP contribution in [0.2, 0.25) is 0 Å². The van der Waals surface area contributed by atoms with E-state index in [1.165, 1.54) is 0 Å². The summed E-state index contributed by atoms with van der Waals surface area (Å²) in [6, 6.07) is 22.8. The van der Waals surface area contributed by atoms with Crippen molar-refractivity contribution in [3.05, 3.63) is 93.2 Å². The number of nitrogens with zero attached hydrogens (tertiary/aromatic N) is 2. The van der Waals surface area contributed by atoms with Gasteiger partial charge in [-0.15, -0.1) is 11.3 Å². The van der Waals surface area contributed by atoms with Crippen molar-refractivity contribution < 1.29 is 8.42 Å². The Morgan fingerprint density at radius 2 is 1.75 bits per heavy atom. The van der Waals surface area contributed by atoms with Gasteiger partial charge in [-0.25, -0.2) is 8.42 Å². The number of hydrogen-bond donors (Lipinski definition) is 0. The molecule has 3 aromatic rings. The summed E-state index contributed by atoms with van der Waals surface area (Å²) >= 11 is 1.62. The van der Waals surface area contributed by atoms with Crippen LogP contribution in [-0.2, 0) is 28.7 Å². The van der Waals surface area contributed by atoms with Gasteiger partial charge in [0.15, 0.2) is 0 Å². The number of hydrogen-bond acceptors (Lipinski definition) is 4. The minimum Gasteiger partial charge on any atom is -0.212 e. The van der Waals surface area contributed by atoms with Gasteiger partial charge in [0.25, 0.3) is 0 Å². The number of benzene rings is 2. The first kappa shape index (κ1) is 20.3. The molecule has 0 spiro atoms. The molecular weight excluding hydrogens is 388 g/mol. The van der Waals surface area contributed by atoms with E-state index in [-0.39, 0.29) is 5.75 Å².